The molecule has 0 unspecified atom stereocenters. The highest BCUT2D eigenvalue weighted by Gasteiger charge is 2.34. The number of hydrogen-bond acceptors (Lipinski definition) is 3. The summed E-state index contributed by atoms with van der Waals surface area (Å²) in [7, 11) is 0. The summed E-state index contributed by atoms with van der Waals surface area (Å²) in [5.41, 5.74) is 2.70. The zero-order valence-electron chi connectivity index (χ0n) is 22.6. The van der Waals surface area contributed by atoms with E-state index in [0.717, 1.165) is 53.7 Å². The van der Waals surface area contributed by atoms with Crippen LogP contribution in [0.3, 0.4) is 0 Å². The molecule has 0 atom stereocenters. The van der Waals surface area contributed by atoms with Gasteiger partial charge in [0.15, 0.2) is 0 Å². The van der Waals surface area contributed by atoms with Gasteiger partial charge in [-0.25, -0.2) is 4.39 Å². The van der Waals surface area contributed by atoms with Gasteiger partial charge in [-0.3, -0.25) is 9.59 Å². The average Bonchev–Trinajstić information content (AvgIpc) is 3.51. The lowest BCUT2D eigenvalue weighted by molar-refractivity contribution is -0.144. The maximum Gasteiger partial charge on any atom is 0.242 e. The predicted octanol–water partition coefficient (Wildman–Crippen LogP) is 7.41. The van der Waals surface area contributed by atoms with Crippen LogP contribution in [0.2, 0.25) is 0 Å². The summed E-state index contributed by atoms with van der Waals surface area (Å²) in [5.74, 6) is -0.922. The number of benzene rings is 3. The van der Waals surface area contributed by atoms with E-state index >= 15 is 0 Å². The van der Waals surface area contributed by atoms with E-state index in [2.05, 4.69) is 0 Å². The largest absolute Gasteiger partial charge is 0.332 e. The molecule has 1 aliphatic carbocycles. The van der Waals surface area contributed by atoms with Gasteiger partial charge in [0, 0.05) is 17.5 Å². The molecule has 1 aromatic heterocycles. The Morgan fingerprint density at radius 1 is 0.775 bits per heavy atom. The number of thiophene rings is 1. The Hall–Kier alpha value is -3.77. The lowest BCUT2D eigenvalue weighted by Gasteiger charge is -2.37. The minimum absolute atomic E-state index is 0.0201. The third kappa shape index (κ3) is 7.05. The maximum absolute atomic E-state index is 14.5. The number of hydrogen-bond donors (Lipinski definition) is 0. The molecule has 0 aliphatic heterocycles. The van der Waals surface area contributed by atoms with E-state index in [-0.39, 0.29) is 30.2 Å². The molecule has 206 valence electrons. The fourth-order valence-electron chi connectivity index (χ4n) is 5.59. The quantitative estimate of drug-likeness (QED) is 0.205. The number of carbonyl (C=O) groups excluding carboxylic acids is 2. The zero-order valence-corrected chi connectivity index (χ0v) is 23.4. The summed E-state index contributed by atoms with van der Waals surface area (Å²) in [6, 6.07) is 30.0. The molecule has 0 saturated heterocycles. The van der Waals surface area contributed by atoms with Gasteiger partial charge in [-0.2, -0.15) is 0 Å². The highest BCUT2D eigenvalue weighted by molar-refractivity contribution is 7.09. The van der Waals surface area contributed by atoms with Crippen molar-refractivity contribution < 1.29 is 14.0 Å². The number of nitrogens with zero attached hydrogens (tertiary/aromatic N) is 2. The van der Waals surface area contributed by atoms with Crippen LogP contribution in [0.15, 0.2) is 102 Å². The number of carbonyl (C=O) groups is 2. The lowest BCUT2D eigenvalue weighted by atomic mass is 9.87. The summed E-state index contributed by atoms with van der Waals surface area (Å²) in [5, 5.41) is 2.00. The standard InChI is InChI=1S/C34H35FN2O2S/c35-29-20-18-26(19-21-29)23-36(24-31-17-10-22-40-31)32(38)25-37(30-15-8-3-9-16-30)34(39)33(27-11-4-1-5-12-27)28-13-6-2-7-14-28/h1-2,4-7,10-14,17-22,30,33H,3,8-9,15-16,23-25H2. The van der Waals surface area contributed by atoms with Gasteiger partial charge >= 0.3 is 0 Å². The van der Waals surface area contributed by atoms with Crippen molar-refractivity contribution in [2.45, 2.75) is 57.2 Å². The van der Waals surface area contributed by atoms with Crippen molar-refractivity contribution in [2.75, 3.05) is 6.54 Å². The van der Waals surface area contributed by atoms with Crippen LogP contribution in [0.5, 0.6) is 0 Å². The van der Waals surface area contributed by atoms with E-state index in [0.29, 0.717) is 13.1 Å². The molecule has 3 aromatic carbocycles. The Kier molecular flexibility index (Phi) is 9.40. The number of rotatable bonds is 10. The molecule has 0 N–H and O–H groups in total. The van der Waals surface area contributed by atoms with Gasteiger partial charge in [0.1, 0.15) is 12.4 Å². The van der Waals surface area contributed by atoms with Crippen molar-refractivity contribution in [2.24, 2.45) is 0 Å². The fraction of sp³-hybridized carbons (Fsp3) is 0.294. The summed E-state index contributed by atoms with van der Waals surface area (Å²) >= 11 is 1.60. The van der Waals surface area contributed by atoms with Gasteiger partial charge in [-0.05, 0) is 53.1 Å². The van der Waals surface area contributed by atoms with Crippen molar-refractivity contribution >= 4 is 23.2 Å². The van der Waals surface area contributed by atoms with Crippen LogP contribution in [0, 0.1) is 5.82 Å². The normalized spacial score (nSPS) is 13.8. The minimum Gasteiger partial charge on any atom is -0.332 e. The van der Waals surface area contributed by atoms with Gasteiger partial charge in [0.25, 0.3) is 0 Å². The molecule has 1 aliphatic rings. The first-order valence-electron chi connectivity index (χ1n) is 14.0. The smallest absolute Gasteiger partial charge is 0.242 e. The van der Waals surface area contributed by atoms with Gasteiger partial charge in [-0.1, -0.05) is 98.1 Å². The molecule has 2 amide bonds. The second kappa shape index (κ2) is 13.5. The number of amides is 2. The molecule has 5 rings (SSSR count). The monoisotopic (exact) mass is 554 g/mol. The van der Waals surface area contributed by atoms with Crippen molar-refractivity contribution in [3.63, 3.8) is 0 Å². The first-order valence-corrected chi connectivity index (χ1v) is 14.9. The van der Waals surface area contributed by atoms with Crippen LogP contribution in [0.4, 0.5) is 4.39 Å². The molecule has 1 saturated carbocycles. The third-order valence-electron chi connectivity index (χ3n) is 7.68. The molecule has 4 nitrogen and oxygen atoms in total. The number of halogens is 1. The van der Waals surface area contributed by atoms with E-state index < -0.39 is 5.92 Å². The molecular formula is C34H35FN2O2S. The van der Waals surface area contributed by atoms with Crippen LogP contribution >= 0.6 is 11.3 Å². The molecule has 1 heterocycles. The van der Waals surface area contributed by atoms with Gasteiger partial charge in [-0.15, -0.1) is 11.3 Å². The van der Waals surface area contributed by atoms with Gasteiger partial charge in [0.2, 0.25) is 11.8 Å². The van der Waals surface area contributed by atoms with E-state index in [4.69, 9.17) is 0 Å². The van der Waals surface area contributed by atoms with Crippen LogP contribution in [0.25, 0.3) is 0 Å². The van der Waals surface area contributed by atoms with Crippen molar-refractivity contribution in [1.82, 2.24) is 9.80 Å². The minimum atomic E-state index is -0.486. The molecule has 1 fully saturated rings. The van der Waals surface area contributed by atoms with E-state index in [9.17, 15) is 14.0 Å². The summed E-state index contributed by atoms with van der Waals surface area (Å²) in [6.45, 7) is 0.818. The molecule has 40 heavy (non-hydrogen) atoms. The Balaban J connectivity index is 1.46. The SMILES string of the molecule is O=C(CN(C(=O)C(c1ccccc1)c1ccccc1)C1CCCCC1)N(Cc1ccc(F)cc1)Cc1cccs1. The van der Waals surface area contributed by atoms with Crippen LogP contribution in [0.1, 0.15) is 59.6 Å². The lowest BCUT2D eigenvalue weighted by Crippen LogP contribution is -2.49. The van der Waals surface area contributed by atoms with Crippen molar-refractivity contribution in [1.29, 1.82) is 0 Å². The highest BCUT2D eigenvalue weighted by atomic mass is 32.1. The van der Waals surface area contributed by atoms with Crippen molar-refractivity contribution in [3.05, 3.63) is 130 Å². The Bertz CT molecular complexity index is 1310. The Morgan fingerprint density at radius 3 is 1.98 bits per heavy atom. The molecule has 0 radical (unpaired) electrons. The maximum atomic E-state index is 14.5. The van der Waals surface area contributed by atoms with Crippen LogP contribution < -0.4 is 0 Å². The highest BCUT2D eigenvalue weighted by Crippen LogP contribution is 2.31. The van der Waals surface area contributed by atoms with Crippen LogP contribution in [-0.2, 0) is 22.7 Å². The third-order valence-corrected chi connectivity index (χ3v) is 8.54. The van der Waals surface area contributed by atoms with Crippen molar-refractivity contribution in [3.8, 4) is 0 Å². The predicted molar refractivity (Wildman–Crippen MR) is 158 cm³/mol. The second-order valence-electron chi connectivity index (χ2n) is 10.5. The van der Waals surface area contributed by atoms with E-state index in [1.807, 2.05) is 83.1 Å². The van der Waals surface area contributed by atoms with Gasteiger partial charge in [0.05, 0.1) is 12.5 Å². The fourth-order valence-corrected chi connectivity index (χ4v) is 6.31. The first kappa shape index (κ1) is 27.8. The average molecular weight is 555 g/mol. The second-order valence-corrected chi connectivity index (χ2v) is 11.5. The van der Waals surface area contributed by atoms with Gasteiger partial charge < -0.3 is 9.80 Å². The zero-order chi connectivity index (χ0) is 27.7. The topological polar surface area (TPSA) is 40.6 Å². The summed E-state index contributed by atoms with van der Waals surface area (Å²) < 4.78 is 13.6. The summed E-state index contributed by atoms with van der Waals surface area (Å²) in [6.07, 6.45) is 5.07. The molecule has 0 bridgehead atoms. The molecule has 0 spiro atoms. The molecule has 6 heteroatoms. The van der Waals surface area contributed by atoms with E-state index in [1.165, 1.54) is 12.1 Å². The summed E-state index contributed by atoms with van der Waals surface area (Å²) in [4.78, 5) is 33.3. The molecule has 4 aromatic rings. The van der Waals surface area contributed by atoms with E-state index in [1.54, 1.807) is 28.4 Å². The Labute approximate surface area is 240 Å². The van der Waals surface area contributed by atoms with Crippen LogP contribution in [-0.4, -0.2) is 34.2 Å². The first-order chi connectivity index (χ1) is 19.6. The molecular weight excluding hydrogens is 519 g/mol. The Morgan fingerprint density at radius 2 is 1.40 bits per heavy atom.